The first-order chi connectivity index (χ1) is 13.2. The van der Waals surface area contributed by atoms with Crippen molar-refractivity contribution in [2.75, 3.05) is 20.2 Å². The van der Waals surface area contributed by atoms with Gasteiger partial charge in [-0.2, -0.15) is 0 Å². The summed E-state index contributed by atoms with van der Waals surface area (Å²) < 4.78 is 11.4. The number of carbonyl (C=O) groups is 3. The SMILES string of the molecule is CNCC(=O)c1ccc(OC(C(=O)O)(C(C)(C)C)C(C)(C)C)c(OCC(=O)O)c1.Cl. The Morgan fingerprint density at radius 3 is 1.90 bits per heavy atom. The van der Waals surface area contributed by atoms with Gasteiger partial charge >= 0.3 is 11.9 Å². The lowest BCUT2D eigenvalue weighted by Crippen LogP contribution is -2.63. The number of carboxylic acids is 2. The fourth-order valence-electron chi connectivity index (χ4n) is 3.56. The number of hydrogen-bond donors (Lipinski definition) is 3. The molecule has 1 aromatic carbocycles. The molecule has 0 heterocycles. The average Bonchev–Trinajstić information content (AvgIpc) is 2.55. The van der Waals surface area contributed by atoms with Gasteiger partial charge in [0.05, 0.1) is 6.54 Å². The number of aliphatic carboxylic acids is 2. The monoisotopic (exact) mass is 445 g/mol. The van der Waals surface area contributed by atoms with Gasteiger partial charge in [-0.25, -0.2) is 9.59 Å². The molecule has 3 N–H and O–H groups in total. The van der Waals surface area contributed by atoms with Crippen LogP contribution in [0.3, 0.4) is 0 Å². The molecular formula is C21H32ClNO7. The second-order valence-electron chi connectivity index (χ2n) is 8.89. The minimum absolute atomic E-state index is 0. The van der Waals surface area contributed by atoms with Crippen LogP contribution in [-0.4, -0.2) is 53.7 Å². The minimum Gasteiger partial charge on any atom is -0.479 e. The van der Waals surface area contributed by atoms with Gasteiger partial charge in [-0.15, -0.1) is 12.4 Å². The van der Waals surface area contributed by atoms with Gasteiger partial charge in [0.15, 0.2) is 23.9 Å². The number of nitrogens with one attached hydrogen (secondary N) is 1. The molecule has 0 radical (unpaired) electrons. The van der Waals surface area contributed by atoms with Gasteiger partial charge < -0.3 is 25.0 Å². The fraction of sp³-hybridized carbons (Fsp3) is 0.571. The lowest BCUT2D eigenvalue weighted by molar-refractivity contribution is -0.184. The van der Waals surface area contributed by atoms with Crippen molar-refractivity contribution in [2.24, 2.45) is 10.8 Å². The summed E-state index contributed by atoms with van der Waals surface area (Å²) in [5.74, 6) is -2.54. The molecular weight excluding hydrogens is 414 g/mol. The third kappa shape index (κ3) is 5.86. The Morgan fingerprint density at radius 1 is 0.967 bits per heavy atom. The lowest BCUT2D eigenvalue weighted by atomic mass is 9.62. The second-order valence-corrected chi connectivity index (χ2v) is 8.89. The van der Waals surface area contributed by atoms with Crippen molar-refractivity contribution in [3.8, 4) is 11.5 Å². The predicted molar refractivity (Wildman–Crippen MR) is 115 cm³/mol. The predicted octanol–water partition coefficient (Wildman–Crippen LogP) is 3.27. The molecule has 0 unspecified atom stereocenters. The van der Waals surface area contributed by atoms with E-state index in [2.05, 4.69) is 5.32 Å². The van der Waals surface area contributed by atoms with E-state index in [1.165, 1.54) is 18.2 Å². The number of ketones is 1. The highest BCUT2D eigenvalue weighted by atomic mass is 35.5. The van der Waals surface area contributed by atoms with Crippen LogP contribution in [-0.2, 0) is 9.59 Å². The van der Waals surface area contributed by atoms with Gasteiger partial charge in [0.1, 0.15) is 0 Å². The highest BCUT2D eigenvalue weighted by molar-refractivity contribution is 5.98. The number of benzene rings is 1. The number of halogens is 1. The van der Waals surface area contributed by atoms with E-state index >= 15 is 0 Å². The molecule has 0 fully saturated rings. The first-order valence-corrected chi connectivity index (χ1v) is 9.26. The molecule has 0 saturated carbocycles. The largest absolute Gasteiger partial charge is 0.479 e. The summed E-state index contributed by atoms with van der Waals surface area (Å²) >= 11 is 0. The molecule has 8 nitrogen and oxygen atoms in total. The van der Waals surface area contributed by atoms with Crippen molar-refractivity contribution < 1.29 is 34.1 Å². The molecule has 0 spiro atoms. The molecule has 0 aromatic heterocycles. The molecule has 0 saturated heterocycles. The molecule has 30 heavy (non-hydrogen) atoms. The zero-order chi connectivity index (χ0) is 22.6. The van der Waals surface area contributed by atoms with Crippen molar-refractivity contribution in [3.63, 3.8) is 0 Å². The first kappa shape index (κ1) is 27.7. The number of rotatable bonds is 9. The Labute approximate surface area is 183 Å². The Morgan fingerprint density at radius 2 is 1.50 bits per heavy atom. The fourth-order valence-corrected chi connectivity index (χ4v) is 3.56. The molecule has 9 heteroatoms. The summed E-state index contributed by atoms with van der Waals surface area (Å²) in [7, 11) is 1.63. The summed E-state index contributed by atoms with van der Waals surface area (Å²) in [4.78, 5) is 35.6. The first-order valence-electron chi connectivity index (χ1n) is 9.26. The smallest absolute Gasteiger partial charge is 0.349 e. The maximum Gasteiger partial charge on any atom is 0.349 e. The van der Waals surface area contributed by atoms with Gasteiger partial charge in [-0.05, 0) is 25.2 Å². The summed E-state index contributed by atoms with van der Waals surface area (Å²) in [6.45, 7) is 9.98. The molecule has 0 bridgehead atoms. The van der Waals surface area contributed by atoms with Crippen LogP contribution in [0.25, 0.3) is 0 Å². The van der Waals surface area contributed by atoms with Crippen LogP contribution >= 0.6 is 12.4 Å². The van der Waals surface area contributed by atoms with Gasteiger partial charge in [0, 0.05) is 16.4 Å². The van der Waals surface area contributed by atoms with Gasteiger partial charge in [0.25, 0.3) is 0 Å². The summed E-state index contributed by atoms with van der Waals surface area (Å²) in [5.41, 5.74) is -3.04. The van der Waals surface area contributed by atoms with Crippen molar-refractivity contribution >= 4 is 30.1 Å². The van der Waals surface area contributed by atoms with Gasteiger partial charge in [-0.3, -0.25) is 4.79 Å². The molecule has 0 aliphatic heterocycles. The second kappa shape index (κ2) is 10.1. The Kier molecular flexibility index (Phi) is 9.34. The number of Topliss-reactive ketones (excluding diaryl/α,β-unsaturated/α-hetero) is 1. The summed E-state index contributed by atoms with van der Waals surface area (Å²) in [6.07, 6.45) is 0. The summed E-state index contributed by atoms with van der Waals surface area (Å²) in [6, 6.07) is 4.31. The van der Waals surface area contributed by atoms with Crippen LogP contribution in [0.5, 0.6) is 11.5 Å². The van der Waals surface area contributed by atoms with Crippen molar-refractivity contribution in [2.45, 2.75) is 47.1 Å². The van der Waals surface area contributed by atoms with Crippen LogP contribution in [0.2, 0.25) is 0 Å². The van der Waals surface area contributed by atoms with Crippen molar-refractivity contribution in [1.29, 1.82) is 0 Å². The van der Waals surface area contributed by atoms with E-state index in [-0.39, 0.29) is 36.2 Å². The van der Waals surface area contributed by atoms with Crippen LogP contribution in [0.4, 0.5) is 0 Å². The Hall–Kier alpha value is -2.32. The molecule has 0 atom stereocenters. The highest BCUT2D eigenvalue weighted by Crippen LogP contribution is 2.48. The Bertz CT molecular complexity index is 765. The Balaban J connectivity index is 0.00000841. The number of hydrogen-bond acceptors (Lipinski definition) is 6. The van der Waals surface area contributed by atoms with Crippen LogP contribution in [0, 0.1) is 10.8 Å². The standard InChI is InChI=1S/C21H31NO7.ClH/c1-19(2,3)21(18(26)27,20(4,5)6)29-15-9-8-13(14(23)11-22-7)10-16(15)28-12-17(24)25;/h8-10,22H,11-12H2,1-7H3,(H,24,25)(H,26,27);1H. The van der Waals surface area contributed by atoms with Crippen molar-refractivity contribution in [1.82, 2.24) is 5.32 Å². The average molecular weight is 446 g/mol. The van der Waals surface area contributed by atoms with Crippen LogP contribution in [0.1, 0.15) is 51.9 Å². The molecule has 0 amide bonds. The molecule has 0 aliphatic carbocycles. The van der Waals surface area contributed by atoms with Gasteiger partial charge in [0.2, 0.25) is 5.60 Å². The van der Waals surface area contributed by atoms with E-state index in [4.69, 9.17) is 14.6 Å². The zero-order valence-corrected chi connectivity index (χ0v) is 19.3. The van der Waals surface area contributed by atoms with E-state index in [1.807, 2.05) is 0 Å². The topological polar surface area (TPSA) is 122 Å². The maximum absolute atomic E-state index is 12.4. The van der Waals surface area contributed by atoms with Crippen LogP contribution in [0.15, 0.2) is 18.2 Å². The minimum atomic E-state index is -1.67. The number of ether oxygens (including phenoxy) is 2. The number of likely N-dealkylation sites (N-methyl/N-ethyl adjacent to an activating group) is 1. The van der Waals surface area contributed by atoms with Crippen LogP contribution < -0.4 is 14.8 Å². The van der Waals surface area contributed by atoms with E-state index in [9.17, 15) is 19.5 Å². The van der Waals surface area contributed by atoms with E-state index in [0.29, 0.717) is 5.56 Å². The molecule has 0 aliphatic rings. The third-order valence-electron chi connectivity index (χ3n) is 4.63. The van der Waals surface area contributed by atoms with Crippen molar-refractivity contribution in [3.05, 3.63) is 23.8 Å². The number of carboxylic acid groups (broad SMARTS) is 2. The zero-order valence-electron chi connectivity index (χ0n) is 18.5. The number of carbonyl (C=O) groups excluding carboxylic acids is 1. The normalized spacial score (nSPS) is 12.0. The summed E-state index contributed by atoms with van der Waals surface area (Å²) in [5, 5.41) is 21.9. The quantitative estimate of drug-likeness (QED) is 0.495. The van der Waals surface area contributed by atoms with Gasteiger partial charge in [-0.1, -0.05) is 41.5 Å². The highest BCUT2D eigenvalue weighted by Gasteiger charge is 2.59. The van der Waals surface area contributed by atoms with E-state index in [0.717, 1.165) is 0 Å². The maximum atomic E-state index is 12.4. The molecule has 1 aromatic rings. The van der Waals surface area contributed by atoms with E-state index < -0.39 is 35.0 Å². The third-order valence-corrected chi connectivity index (χ3v) is 4.63. The molecule has 170 valence electrons. The lowest BCUT2D eigenvalue weighted by Gasteiger charge is -2.49. The molecule has 1 rings (SSSR count). The van der Waals surface area contributed by atoms with E-state index in [1.54, 1.807) is 48.6 Å².